The van der Waals surface area contributed by atoms with Crippen molar-refractivity contribution in [2.75, 3.05) is 12.4 Å². The van der Waals surface area contributed by atoms with Gasteiger partial charge in [-0.1, -0.05) is 18.2 Å². The number of carbonyl (C=O) groups is 2. The number of esters is 1. The first-order valence-electron chi connectivity index (χ1n) is 7.74. The zero-order valence-electron chi connectivity index (χ0n) is 13.9. The maximum atomic E-state index is 12.1. The van der Waals surface area contributed by atoms with E-state index in [0.717, 1.165) is 16.8 Å². The summed E-state index contributed by atoms with van der Waals surface area (Å²) in [5.74, 6) is -0.704. The van der Waals surface area contributed by atoms with Gasteiger partial charge in [-0.2, -0.15) is 0 Å². The number of methoxy groups -OCH3 is 1. The number of aliphatic hydroxyl groups excluding tert-OH is 1. The molecule has 0 radical (unpaired) electrons. The summed E-state index contributed by atoms with van der Waals surface area (Å²) < 4.78 is 4.86. The molecular weight excluding hydrogens is 320 g/mol. The summed E-state index contributed by atoms with van der Waals surface area (Å²) in [4.78, 5) is 26.7. The van der Waals surface area contributed by atoms with Crippen molar-refractivity contribution >= 4 is 28.5 Å². The number of aromatic amines is 1. The summed E-state index contributed by atoms with van der Waals surface area (Å²) in [5, 5.41) is 12.7. The molecule has 0 bridgehead atoms. The van der Waals surface area contributed by atoms with Crippen LogP contribution in [-0.2, 0) is 16.1 Å². The minimum absolute atomic E-state index is 0.0475. The van der Waals surface area contributed by atoms with Gasteiger partial charge in [-0.15, -0.1) is 0 Å². The molecule has 0 saturated carbocycles. The molecule has 3 aromatic rings. The summed E-state index contributed by atoms with van der Waals surface area (Å²) in [6.45, 7) is 1.36. The van der Waals surface area contributed by atoms with Gasteiger partial charge in [-0.25, -0.2) is 4.79 Å². The predicted molar refractivity (Wildman–Crippen MR) is 95.3 cm³/mol. The van der Waals surface area contributed by atoms with Gasteiger partial charge in [-0.3, -0.25) is 4.79 Å². The molecule has 0 aliphatic carbocycles. The van der Waals surface area contributed by atoms with Crippen LogP contribution in [-0.4, -0.2) is 29.1 Å². The molecule has 0 fully saturated rings. The fourth-order valence-corrected chi connectivity index (χ4v) is 2.78. The Morgan fingerprint density at radius 1 is 1.20 bits per heavy atom. The lowest BCUT2D eigenvalue weighted by Gasteiger charge is -2.06. The molecule has 1 aromatic heterocycles. The first kappa shape index (κ1) is 16.7. The Labute approximate surface area is 144 Å². The second kappa shape index (κ2) is 6.78. The van der Waals surface area contributed by atoms with E-state index in [2.05, 4.69) is 10.3 Å². The molecule has 0 spiro atoms. The van der Waals surface area contributed by atoms with Gasteiger partial charge in [-0.05, 0) is 35.4 Å². The van der Waals surface area contributed by atoms with Gasteiger partial charge in [0.1, 0.15) is 0 Å². The topological polar surface area (TPSA) is 91.4 Å². The van der Waals surface area contributed by atoms with Crippen LogP contribution >= 0.6 is 0 Å². The van der Waals surface area contributed by atoms with Gasteiger partial charge in [0.2, 0.25) is 5.91 Å². The van der Waals surface area contributed by atoms with Gasteiger partial charge in [0.05, 0.1) is 19.3 Å². The Bertz CT molecular complexity index is 959. The fraction of sp³-hybridized carbons (Fsp3) is 0.158. The normalized spacial score (nSPS) is 10.7. The van der Waals surface area contributed by atoms with E-state index in [4.69, 9.17) is 4.74 Å². The van der Waals surface area contributed by atoms with Crippen LogP contribution in [0, 0.1) is 0 Å². The number of nitrogens with one attached hydrogen (secondary N) is 2. The summed E-state index contributed by atoms with van der Waals surface area (Å²) in [5.41, 5.74) is 4.07. The number of fused-ring (bicyclic) bond motifs is 1. The Kier molecular flexibility index (Phi) is 4.54. The van der Waals surface area contributed by atoms with E-state index in [1.54, 1.807) is 12.1 Å². The van der Waals surface area contributed by atoms with Crippen LogP contribution in [0.3, 0.4) is 0 Å². The smallest absolute Gasteiger partial charge is 0.338 e. The second-order valence-electron chi connectivity index (χ2n) is 5.70. The van der Waals surface area contributed by atoms with Crippen LogP contribution in [0.1, 0.15) is 22.8 Å². The number of carbonyl (C=O) groups excluding carboxylic acids is 2. The van der Waals surface area contributed by atoms with Gasteiger partial charge in [0.15, 0.2) is 0 Å². The Hall–Kier alpha value is -3.12. The summed E-state index contributed by atoms with van der Waals surface area (Å²) in [6.07, 6.45) is 0. The molecule has 0 unspecified atom stereocenters. The lowest BCUT2D eigenvalue weighted by molar-refractivity contribution is -0.114. The number of H-pyrrole nitrogens is 1. The van der Waals surface area contributed by atoms with Crippen LogP contribution in [0.15, 0.2) is 42.5 Å². The summed E-state index contributed by atoms with van der Waals surface area (Å²) in [7, 11) is 1.32. The lowest BCUT2D eigenvalue weighted by Crippen LogP contribution is -2.08. The van der Waals surface area contributed by atoms with E-state index in [-0.39, 0.29) is 12.5 Å². The first-order valence-corrected chi connectivity index (χ1v) is 7.74. The third kappa shape index (κ3) is 3.39. The number of hydrogen-bond acceptors (Lipinski definition) is 4. The Morgan fingerprint density at radius 3 is 2.68 bits per heavy atom. The van der Waals surface area contributed by atoms with Crippen molar-refractivity contribution in [1.29, 1.82) is 0 Å². The predicted octanol–water partition coefficient (Wildman–Crippen LogP) is 3.07. The molecule has 0 aliphatic heterocycles. The molecule has 3 N–H and O–H groups in total. The van der Waals surface area contributed by atoms with Crippen molar-refractivity contribution < 1.29 is 19.4 Å². The molecule has 6 nitrogen and oxygen atoms in total. The van der Waals surface area contributed by atoms with Crippen molar-refractivity contribution in [2.45, 2.75) is 13.5 Å². The van der Waals surface area contributed by atoms with Crippen molar-refractivity contribution in [3.63, 3.8) is 0 Å². The lowest BCUT2D eigenvalue weighted by atomic mass is 10.1. The summed E-state index contributed by atoms with van der Waals surface area (Å²) >= 11 is 0. The maximum absolute atomic E-state index is 12.1. The highest BCUT2D eigenvalue weighted by atomic mass is 16.5. The van der Waals surface area contributed by atoms with E-state index < -0.39 is 5.97 Å². The highest BCUT2D eigenvalue weighted by Gasteiger charge is 2.16. The summed E-state index contributed by atoms with van der Waals surface area (Å²) in [6, 6.07) is 12.7. The number of hydrogen-bond donors (Lipinski definition) is 3. The van der Waals surface area contributed by atoms with Gasteiger partial charge >= 0.3 is 5.97 Å². The van der Waals surface area contributed by atoms with Crippen LogP contribution in [0.2, 0.25) is 0 Å². The minimum Gasteiger partial charge on any atom is -0.465 e. The minimum atomic E-state index is -0.480. The highest BCUT2D eigenvalue weighted by molar-refractivity contribution is 6.07. The van der Waals surface area contributed by atoms with Gasteiger partial charge < -0.3 is 20.1 Å². The fourth-order valence-electron chi connectivity index (χ4n) is 2.78. The average Bonchev–Trinajstić information content (AvgIpc) is 3.04. The molecule has 1 amide bonds. The monoisotopic (exact) mass is 338 g/mol. The third-order valence-electron chi connectivity index (χ3n) is 3.88. The molecule has 3 rings (SSSR count). The highest BCUT2D eigenvalue weighted by Crippen LogP contribution is 2.30. The number of anilines is 1. The van der Waals surface area contributed by atoms with E-state index in [0.29, 0.717) is 22.2 Å². The number of ether oxygens (including phenoxy) is 1. The number of aromatic nitrogens is 1. The third-order valence-corrected chi connectivity index (χ3v) is 3.88. The largest absolute Gasteiger partial charge is 0.465 e. The standard InChI is InChI=1S/C19H18N2O4/c1-11(23)20-14-7-16(19(24)25-2)15-9-17(21-18(15)8-14)13-5-3-4-12(6-13)10-22/h3-9,21-22H,10H2,1-2H3,(H,20,23). The molecular formula is C19H18N2O4. The Morgan fingerprint density at radius 2 is 2.00 bits per heavy atom. The van der Waals surface area contributed by atoms with E-state index in [1.165, 1.54) is 14.0 Å². The van der Waals surface area contributed by atoms with Gasteiger partial charge in [0, 0.05) is 29.2 Å². The van der Waals surface area contributed by atoms with E-state index in [9.17, 15) is 14.7 Å². The molecule has 2 aromatic carbocycles. The maximum Gasteiger partial charge on any atom is 0.338 e. The number of aliphatic hydroxyl groups is 1. The van der Waals surface area contributed by atoms with E-state index >= 15 is 0 Å². The van der Waals surface area contributed by atoms with Gasteiger partial charge in [0.25, 0.3) is 0 Å². The average molecular weight is 338 g/mol. The molecule has 128 valence electrons. The number of amides is 1. The molecule has 0 aliphatic rings. The van der Waals surface area contributed by atoms with Crippen molar-refractivity contribution in [1.82, 2.24) is 4.98 Å². The van der Waals surface area contributed by atoms with Crippen LogP contribution in [0.25, 0.3) is 22.2 Å². The van der Waals surface area contributed by atoms with Crippen LogP contribution in [0.5, 0.6) is 0 Å². The zero-order chi connectivity index (χ0) is 18.0. The molecule has 0 atom stereocenters. The Balaban J connectivity index is 2.17. The second-order valence-corrected chi connectivity index (χ2v) is 5.70. The number of benzene rings is 2. The quantitative estimate of drug-likeness (QED) is 0.638. The zero-order valence-corrected chi connectivity index (χ0v) is 13.9. The van der Waals surface area contributed by atoms with Crippen molar-refractivity contribution in [3.8, 4) is 11.3 Å². The van der Waals surface area contributed by atoms with Crippen molar-refractivity contribution in [3.05, 3.63) is 53.6 Å². The molecule has 25 heavy (non-hydrogen) atoms. The SMILES string of the molecule is COC(=O)c1cc(NC(C)=O)cc2[nH]c(-c3cccc(CO)c3)cc12. The molecule has 0 saturated heterocycles. The van der Waals surface area contributed by atoms with Crippen LogP contribution < -0.4 is 5.32 Å². The molecule has 6 heteroatoms. The first-order chi connectivity index (χ1) is 12.0. The van der Waals surface area contributed by atoms with Crippen LogP contribution in [0.4, 0.5) is 5.69 Å². The molecule has 1 heterocycles. The van der Waals surface area contributed by atoms with Crippen molar-refractivity contribution in [2.24, 2.45) is 0 Å². The number of rotatable bonds is 4. The van der Waals surface area contributed by atoms with E-state index in [1.807, 2.05) is 30.3 Å².